The van der Waals surface area contributed by atoms with E-state index in [4.69, 9.17) is 4.74 Å². The summed E-state index contributed by atoms with van der Waals surface area (Å²) in [6.07, 6.45) is -0.279. The lowest BCUT2D eigenvalue weighted by Gasteiger charge is -2.24. The van der Waals surface area contributed by atoms with Crippen molar-refractivity contribution in [1.82, 2.24) is 5.32 Å². The summed E-state index contributed by atoms with van der Waals surface area (Å²) in [5.74, 6) is -0.643. The molecule has 1 heterocycles. The molecular weight excluding hydrogens is 278 g/mol. The number of benzene rings is 1. The van der Waals surface area contributed by atoms with E-state index in [2.05, 4.69) is 5.32 Å². The van der Waals surface area contributed by atoms with Crippen molar-refractivity contribution < 1.29 is 19.4 Å². The van der Waals surface area contributed by atoms with E-state index in [0.717, 1.165) is 5.56 Å². The van der Waals surface area contributed by atoms with Crippen LogP contribution >= 0.6 is 11.8 Å². The van der Waals surface area contributed by atoms with Gasteiger partial charge < -0.3 is 15.2 Å². The van der Waals surface area contributed by atoms with Crippen molar-refractivity contribution in [2.75, 3.05) is 5.75 Å². The monoisotopic (exact) mass is 295 g/mol. The lowest BCUT2D eigenvalue weighted by atomic mass is 9.97. The van der Waals surface area contributed by atoms with Gasteiger partial charge >= 0.3 is 12.1 Å². The zero-order valence-electron chi connectivity index (χ0n) is 11.2. The molecule has 0 aromatic heterocycles. The van der Waals surface area contributed by atoms with E-state index in [1.807, 2.05) is 37.3 Å². The van der Waals surface area contributed by atoms with Crippen molar-refractivity contribution in [3.63, 3.8) is 0 Å². The average molecular weight is 295 g/mol. The number of carboxylic acids is 1. The summed E-state index contributed by atoms with van der Waals surface area (Å²) >= 11 is 1.54. The van der Waals surface area contributed by atoms with Crippen LogP contribution in [0.15, 0.2) is 30.3 Å². The van der Waals surface area contributed by atoms with Crippen LogP contribution in [0.1, 0.15) is 18.9 Å². The fourth-order valence-corrected chi connectivity index (χ4v) is 3.42. The quantitative estimate of drug-likeness (QED) is 0.891. The topological polar surface area (TPSA) is 75.6 Å². The van der Waals surface area contributed by atoms with Crippen LogP contribution in [-0.4, -0.2) is 33.7 Å². The molecule has 2 rings (SSSR count). The Bertz CT molecular complexity index is 493. The molecule has 0 saturated carbocycles. The molecule has 1 amide bonds. The summed E-state index contributed by atoms with van der Waals surface area (Å²) in [5, 5.41) is 12.1. The van der Waals surface area contributed by atoms with Gasteiger partial charge in [0.05, 0.1) is 0 Å². The van der Waals surface area contributed by atoms with E-state index >= 15 is 0 Å². The highest BCUT2D eigenvalue weighted by molar-refractivity contribution is 8.00. The van der Waals surface area contributed by atoms with E-state index in [0.29, 0.717) is 12.2 Å². The van der Waals surface area contributed by atoms with Crippen molar-refractivity contribution in [2.24, 2.45) is 0 Å². The fourth-order valence-electron chi connectivity index (χ4n) is 2.14. The number of carbonyl (C=O) groups is 2. The first-order valence-electron chi connectivity index (χ1n) is 6.36. The molecule has 0 radical (unpaired) electrons. The minimum Gasteiger partial charge on any atom is -0.479 e. The molecule has 1 aliphatic heterocycles. The van der Waals surface area contributed by atoms with Gasteiger partial charge in [-0.1, -0.05) is 37.3 Å². The number of thioether (sulfide) groups is 1. The summed E-state index contributed by atoms with van der Waals surface area (Å²) < 4.78 is 5.08. The Balaban J connectivity index is 1.91. The largest absolute Gasteiger partial charge is 0.479 e. The van der Waals surface area contributed by atoms with Crippen LogP contribution in [0.2, 0.25) is 0 Å². The van der Waals surface area contributed by atoms with E-state index in [1.54, 1.807) is 0 Å². The summed E-state index contributed by atoms with van der Waals surface area (Å²) in [4.78, 5) is 23.2. The maximum atomic E-state index is 11.8. The molecule has 0 aliphatic carbocycles. The van der Waals surface area contributed by atoms with Crippen LogP contribution < -0.4 is 5.32 Å². The van der Waals surface area contributed by atoms with Crippen molar-refractivity contribution in [3.05, 3.63) is 35.9 Å². The van der Waals surface area contributed by atoms with Crippen LogP contribution in [0.25, 0.3) is 0 Å². The van der Waals surface area contributed by atoms with Gasteiger partial charge in [-0.25, -0.2) is 9.59 Å². The van der Waals surface area contributed by atoms with Crippen LogP contribution in [0, 0.1) is 0 Å². The predicted molar refractivity (Wildman–Crippen MR) is 76.7 cm³/mol. The second kappa shape index (κ2) is 6.17. The lowest BCUT2D eigenvalue weighted by Crippen LogP contribution is -2.55. The zero-order valence-corrected chi connectivity index (χ0v) is 12.0. The van der Waals surface area contributed by atoms with E-state index in [9.17, 15) is 14.7 Å². The molecule has 108 valence electrons. The van der Waals surface area contributed by atoms with Crippen molar-refractivity contribution >= 4 is 23.8 Å². The molecule has 0 spiro atoms. The third-order valence-electron chi connectivity index (χ3n) is 3.21. The number of rotatable bonds is 4. The number of carbonyl (C=O) groups excluding carboxylic acids is 1. The maximum absolute atomic E-state index is 11.8. The van der Waals surface area contributed by atoms with Gasteiger partial charge in [0.2, 0.25) is 0 Å². The molecule has 6 heteroatoms. The van der Waals surface area contributed by atoms with Gasteiger partial charge in [0.15, 0.2) is 5.54 Å². The Morgan fingerprint density at radius 2 is 2.15 bits per heavy atom. The highest BCUT2D eigenvalue weighted by Gasteiger charge is 2.46. The van der Waals surface area contributed by atoms with Gasteiger partial charge in [-0.15, -0.1) is 0 Å². The lowest BCUT2D eigenvalue weighted by molar-refractivity contribution is -0.143. The Labute approximate surface area is 121 Å². The summed E-state index contributed by atoms with van der Waals surface area (Å²) in [5.41, 5.74) is -0.348. The Kier molecular flexibility index (Phi) is 4.54. The molecule has 20 heavy (non-hydrogen) atoms. The molecule has 1 aliphatic rings. The van der Waals surface area contributed by atoms with Gasteiger partial charge in [0, 0.05) is 11.0 Å². The first kappa shape index (κ1) is 14.7. The Morgan fingerprint density at radius 1 is 1.45 bits per heavy atom. The third-order valence-corrected chi connectivity index (χ3v) is 4.61. The number of aliphatic carboxylic acids is 1. The predicted octanol–water partition coefficient (Wildman–Crippen LogP) is 2.26. The number of nitrogens with one attached hydrogen (secondary N) is 1. The van der Waals surface area contributed by atoms with Crippen LogP contribution in [0.3, 0.4) is 0 Å². The highest BCUT2D eigenvalue weighted by Crippen LogP contribution is 2.34. The van der Waals surface area contributed by atoms with E-state index < -0.39 is 17.6 Å². The third kappa shape index (κ3) is 3.45. The summed E-state index contributed by atoms with van der Waals surface area (Å²) in [6, 6.07) is 9.26. The molecule has 1 fully saturated rings. The van der Waals surface area contributed by atoms with Crippen molar-refractivity contribution in [1.29, 1.82) is 0 Å². The molecule has 0 bridgehead atoms. The summed E-state index contributed by atoms with van der Waals surface area (Å²) in [7, 11) is 0. The van der Waals surface area contributed by atoms with E-state index in [-0.39, 0.29) is 11.9 Å². The van der Waals surface area contributed by atoms with Crippen molar-refractivity contribution in [3.8, 4) is 0 Å². The van der Waals surface area contributed by atoms with Gasteiger partial charge in [0.1, 0.15) is 6.61 Å². The molecule has 1 aromatic rings. The van der Waals surface area contributed by atoms with Crippen LogP contribution in [-0.2, 0) is 16.1 Å². The normalized spacial score (nSPS) is 25.1. The number of hydrogen-bond donors (Lipinski definition) is 2. The van der Waals surface area contributed by atoms with Crippen molar-refractivity contribution in [2.45, 2.75) is 30.7 Å². The zero-order chi connectivity index (χ0) is 14.6. The molecule has 1 saturated heterocycles. The molecular formula is C14H17NO4S. The van der Waals surface area contributed by atoms with Crippen LogP contribution in [0.5, 0.6) is 0 Å². The number of carboxylic acid groups (broad SMARTS) is 1. The van der Waals surface area contributed by atoms with Gasteiger partial charge in [0.25, 0.3) is 0 Å². The second-order valence-electron chi connectivity index (χ2n) is 4.90. The Morgan fingerprint density at radius 3 is 2.70 bits per heavy atom. The standard InChI is InChI=1S/C14H17NO4S/c1-10-7-14(9-20-10,12(16)17)15-13(18)19-8-11-5-3-2-4-6-11/h2-6,10H,7-9H2,1H3,(H,15,18)(H,16,17). The molecule has 5 nitrogen and oxygen atoms in total. The molecule has 1 aromatic carbocycles. The molecule has 2 unspecified atom stereocenters. The fraction of sp³-hybridized carbons (Fsp3) is 0.429. The number of hydrogen-bond acceptors (Lipinski definition) is 4. The molecule has 2 atom stereocenters. The Hall–Kier alpha value is -1.69. The van der Waals surface area contributed by atoms with Gasteiger partial charge in [-0.2, -0.15) is 11.8 Å². The summed E-state index contributed by atoms with van der Waals surface area (Å²) in [6.45, 7) is 2.08. The SMILES string of the molecule is CC1CC(NC(=O)OCc2ccccc2)(C(=O)O)CS1. The first-order chi connectivity index (χ1) is 9.52. The maximum Gasteiger partial charge on any atom is 0.408 e. The minimum absolute atomic E-state index is 0.130. The number of ether oxygens (including phenoxy) is 1. The minimum atomic E-state index is -1.21. The highest BCUT2D eigenvalue weighted by atomic mass is 32.2. The van der Waals surface area contributed by atoms with Gasteiger partial charge in [-0.05, 0) is 12.0 Å². The smallest absolute Gasteiger partial charge is 0.408 e. The second-order valence-corrected chi connectivity index (χ2v) is 6.33. The molecule has 2 N–H and O–H groups in total. The van der Waals surface area contributed by atoms with E-state index in [1.165, 1.54) is 11.8 Å². The average Bonchev–Trinajstić information content (AvgIpc) is 2.80. The number of alkyl carbamates (subject to hydrolysis) is 1. The number of amides is 1. The first-order valence-corrected chi connectivity index (χ1v) is 7.40. The van der Waals surface area contributed by atoms with Gasteiger partial charge in [-0.3, -0.25) is 0 Å². The van der Waals surface area contributed by atoms with Crippen LogP contribution in [0.4, 0.5) is 4.79 Å².